The number of aldehydes is 1. The molecular formula is C18H17NO4. The highest BCUT2D eigenvalue weighted by molar-refractivity contribution is 6.16. The van der Waals surface area contributed by atoms with E-state index in [1.54, 1.807) is 6.20 Å². The molecule has 2 aromatic rings. The molecule has 0 amide bonds. The molecule has 1 N–H and O–H groups in total. The Morgan fingerprint density at radius 3 is 2.70 bits per heavy atom. The number of methoxy groups -OCH3 is 1. The maximum absolute atomic E-state index is 13.0. The Balaban J connectivity index is 2.22. The molecular weight excluding hydrogens is 294 g/mol. The van der Waals surface area contributed by atoms with Crippen molar-refractivity contribution in [1.29, 1.82) is 0 Å². The summed E-state index contributed by atoms with van der Waals surface area (Å²) >= 11 is 0. The second-order valence-electron chi connectivity index (χ2n) is 5.65. The number of aromatic nitrogens is 1. The summed E-state index contributed by atoms with van der Waals surface area (Å²) in [5.74, 6) is -1.35. The first kappa shape index (κ1) is 15.2. The second-order valence-corrected chi connectivity index (χ2v) is 5.65. The van der Waals surface area contributed by atoms with E-state index >= 15 is 0 Å². The van der Waals surface area contributed by atoms with Gasteiger partial charge in [0.05, 0.1) is 12.8 Å². The molecule has 0 spiro atoms. The van der Waals surface area contributed by atoms with E-state index in [0.717, 1.165) is 17.4 Å². The van der Waals surface area contributed by atoms with Crippen molar-refractivity contribution >= 4 is 18.0 Å². The highest BCUT2D eigenvalue weighted by Crippen LogP contribution is 2.53. The van der Waals surface area contributed by atoms with Gasteiger partial charge in [-0.2, -0.15) is 0 Å². The van der Waals surface area contributed by atoms with Crippen molar-refractivity contribution in [3.8, 4) is 0 Å². The standard InChI is InChI=1S/C18H17NO4/c1-23-17(22)18(9-5-11-20)14(12-6-3-2-4-7-12)13-8-10-19-15(13)16(18)21/h2-4,6-8,10-11,14,19H,5,9H2,1H3/t14-,18-/m1/s1. The van der Waals surface area contributed by atoms with Gasteiger partial charge in [0.2, 0.25) is 0 Å². The number of rotatable bonds is 5. The lowest BCUT2D eigenvalue weighted by Gasteiger charge is -2.31. The van der Waals surface area contributed by atoms with Crippen molar-refractivity contribution in [2.24, 2.45) is 5.41 Å². The van der Waals surface area contributed by atoms with Crippen LogP contribution >= 0.6 is 0 Å². The Morgan fingerprint density at radius 2 is 2.04 bits per heavy atom. The van der Waals surface area contributed by atoms with E-state index in [-0.39, 0.29) is 18.6 Å². The summed E-state index contributed by atoms with van der Waals surface area (Å²) in [6.07, 6.45) is 2.67. The number of benzene rings is 1. The van der Waals surface area contributed by atoms with Gasteiger partial charge in [-0.15, -0.1) is 0 Å². The molecule has 0 unspecified atom stereocenters. The maximum atomic E-state index is 13.0. The van der Waals surface area contributed by atoms with Gasteiger partial charge in [0.25, 0.3) is 0 Å². The second kappa shape index (κ2) is 5.83. The number of nitrogens with one attached hydrogen (secondary N) is 1. The Hall–Kier alpha value is -2.69. The van der Waals surface area contributed by atoms with Crippen LogP contribution in [-0.4, -0.2) is 30.1 Å². The van der Waals surface area contributed by atoms with E-state index in [0.29, 0.717) is 5.69 Å². The Kier molecular flexibility index (Phi) is 3.86. The molecule has 23 heavy (non-hydrogen) atoms. The number of hydrogen-bond acceptors (Lipinski definition) is 4. The average molecular weight is 311 g/mol. The first-order chi connectivity index (χ1) is 11.2. The van der Waals surface area contributed by atoms with Gasteiger partial charge >= 0.3 is 5.97 Å². The molecule has 118 valence electrons. The zero-order chi connectivity index (χ0) is 16.4. The predicted octanol–water partition coefficient (Wildman–Crippen LogP) is 2.48. The van der Waals surface area contributed by atoms with Gasteiger partial charge in [-0.3, -0.25) is 9.59 Å². The van der Waals surface area contributed by atoms with Crippen molar-refractivity contribution in [3.63, 3.8) is 0 Å². The summed E-state index contributed by atoms with van der Waals surface area (Å²) in [7, 11) is 1.27. The highest BCUT2D eigenvalue weighted by atomic mass is 16.5. The van der Waals surface area contributed by atoms with E-state index in [4.69, 9.17) is 4.74 Å². The van der Waals surface area contributed by atoms with Crippen LogP contribution in [-0.2, 0) is 14.3 Å². The van der Waals surface area contributed by atoms with Crippen LogP contribution in [0.1, 0.15) is 40.4 Å². The largest absolute Gasteiger partial charge is 0.468 e. The number of hydrogen-bond donors (Lipinski definition) is 1. The minimum absolute atomic E-state index is 0.119. The van der Waals surface area contributed by atoms with E-state index in [2.05, 4.69) is 4.98 Å². The summed E-state index contributed by atoms with van der Waals surface area (Å²) < 4.78 is 4.97. The molecule has 3 rings (SSSR count). The monoisotopic (exact) mass is 311 g/mol. The number of Topliss-reactive ketones (excluding diaryl/α,β-unsaturated/α-hetero) is 1. The molecule has 1 aromatic carbocycles. The lowest BCUT2D eigenvalue weighted by molar-refractivity contribution is -0.150. The molecule has 0 radical (unpaired) electrons. The topological polar surface area (TPSA) is 76.2 Å². The zero-order valence-electron chi connectivity index (χ0n) is 12.7. The van der Waals surface area contributed by atoms with Gasteiger partial charge in [-0.25, -0.2) is 0 Å². The molecule has 0 fully saturated rings. The molecule has 5 heteroatoms. The average Bonchev–Trinajstić information content (AvgIpc) is 3.14. The highest BCUT2D eigenvalue weighted by Gasteiger charge is 2.59. The minimum Gasteiger partial charge on any atom is -0.468 e. The molecule has 1 heterocycles. The zero-order valence-corrected chi connectivity index (χ0v) is 12.7. The van der Waals surface area contributed by atoms with E-state index in [1.165, 1.54) is 7.11 Å². The van der Waals surface area contributed by atoms with Crippen LogP contribution in [0.4, 0.5) is 0 Å². The van der Waals surface area contributed by atoms with Crippen LogP contribution in [0.2, 0.25) is 0 Å². The summed E-state index contributed by atoms with van der Waals surface area (Å²) in [5.41, 5.74) is 0.669. The van der Waals surface area contributed by atoms with Crippen molar-refractivity contribution in [2.45, 2.75) is 18.8 Å². The number of ketones is 1. The third-order valence-corrected chi connectivity index (χ3v) is 4.55. The fraction of sp³-hybridized carbons (Fsp3) is 0.278. The number of esters is 1. The van der Waals surface area contributed by atoms with Gasteiger partial charge in [-0.05, 0) is 23.6 Å². The predicted molar refractivity (Wildman–Crippen MR) is 83.2 cm³/mol. The smallest absolute Gasteiger partial charge is 0.320 e. The molecule has 0 saturated heterocycles. The molecule has 1 aliphatic carbocycles. The minimum atomic E-state index is -1.39. The number of aromatic amines is 1. The van der Waals surface area contributed by atoms with Crippen LogP contribution in [0.15, 0.2) is 42.6 Å². The maximum Gasteiger partial charge on any atom is 0.320 e. The van der Waals surface area contributed by atoms with Gasteiger partial charge < -0.3 is 14.5 Å². The molecule has 5 nitrogen and oxygen atoms in total. The van der Waals surface area contributed by atoms with Crippen molar-refractivity contribution < 1.29 is 19.1 Å². The molecule has 0 bridgehead atoms. The van der Waals surface area contributed by atoms with Crippen molar-refractivity contribution in [3.05, 3.63) is 59.4 Å². The van der Waals surface area contributed by atoms with Gasteiger partial charge in [0.15, 0.2) is 5.78 Å². The molecule has 0 aliphatic heterocycles. The van der Waals surface area contributed by atoms with Crippen LogP contribution in [0.5, 0.6) is 0 Å². The summed E-state index contributed by atoms with van der Waals surface area (Å²) in [6, 6.07) is 11.2. The van der Waals surface area contributed by atoms with Crippen LogP contribution in [0, 0.1) is 5.41 Å². The lowest BCUT2D eigenvalue weighted by Crippen LogP contribution is -2.42. The van der Waals surface area contributed by atoms with Crippen LogP contribution < -0.4 is 0 Å². The molecule has 2 atom stereocenters. The fourth-order valence-corrected chi connectivity index (χ4v) is 3.59. The quantitative estimate of drug-likeness (QED) is 0.523. The summed E-state index contributed by atoms with van der Waals surface area (Å²) in [4.78, 5) is 39.5. The van der Waals surface area contributed by atoms with Crippen LogP contribution in [0.3, 0.4) is 0 Å². The Labute approximate surface area is 133 Å². The number of fused-ring (bicyclic) bond motifs is 1. The van der Waals surface area contributed by atoms with E-state index in [9.17, 15) is 14.4 Å². The first-order valence-electron chi connectivity index (χ1n) is 7.46. The SMILES string of the molecule is COC(=O)[C@@]1(CCC=O)C(=O)c2[nH]ccc2[C@H]1c1ccccc1. The molecule has 1 aliphatic rings. The fourth-order valence-electron chi connectivity index (χ4n) is 3.59. The lowest BCUT2D eigenvalue weighted by atomic mass is 9.69. The van der Waals surface area contributed by atoms with Gasteiger partial charge in [0.1, 0.15) is 11.7 Å². The number of carbonyl (C=O) groups is 3. The Morgan fingerprint density at radius 1 is 1.30 bits per heavy atom. The van der Waals surface area contributed by atoms with E-state index < -0.39 is 17.3 Å². The Bertz CT molecular complexity index is 749. The normalized spacial score (nSPS) is 22.7. The van der Waals surface area contributed by atoms with Crippen LogP contribution in [0.25, 0.3) is 0 Å². The third kappa shape index (κ3) is 2.11. The number of carbonyl (C=O) groups excluding carboxylic acids is 3. The number of ether oxygens (including phenoxy) is 1. The van der Waals surface area contributed by atoms with Gasteiger partial charge in [0, 0.05) is 18.5 Å². The summed E-state index contributed by atoms with van der Waals surface area (Å²) in [5, 5.41) is 0. The molecule has 1 aromatic heterocycles. The first-order valence-corrected chi connectivity index (χ1v) is 7.46. The van der Waals surface area contributed by atoms with Gasteiger partial charge in [-0.1, -0.05) is 30.3 Å². The molecule has 0 saturated carbocycles. The van der Waals surface area contributed by atoms with E-state index in [1.807, 2.05) is 36.4 Å². The summed E-state index contributed by atoms with van der Waals surface area (Å²) in [6.45, 7) is 0. The van der Waals surface area contributed by atoms with Crippen molar-refractivity contribution in [2.75, 3.05) is 7.11 Å². The number of H-pyrrole nitrogens is 1. The third-order valence-electron chi connectivity index (χ3n) is 4.55. The van der Waals surface area contributed by atoms with Crippen molar-refractivity contribution in [1.82, 2.24) is 4.98 Å².